The molecule has 0 saturated carbocycles. The number of carbonyl (C=O) groups excluding carboxylic acids is 2. The van der Waals surface area contributed by atoms with Crippen LogP contribution in [0.15, 0.2) is 75.9 Å². The molecule has 3 aromatic carbocycles. The molecule has 4 aromatic rings. The number of hydrogen-bond donors (Lipinski definition) is 0. The van der Waals surface area contributed by atoms with Crippen molar-refractivity contribution in [1.82, 2.24) is 4.90 Å². The number of fused-ring (bicyclic) bond motifs is 2. The van der Waals surface area contributed by atoms with Crippen LogP contribution in [-0.4, -0.2) is 42.8 Å². The summed E-state index contributed by atoms with van der Waals surface area (Å²) < 4.78 is 28.3. The highest BCUT2D eigenvalue weighted by Gasteiger charge is 2.36. The number of esters is 1. The number of rotatable bonds is 5. The smallest absolute Gasteiger partial charge is 0.410 e. The number of hydrogen-bond acceptors (Lipinski definition) is 8. The van der Waals surface area contributed by atoms with Gasteiger partial charge < -0.3 is 23.4 Å². The average Bonchev–Trinajstić information content (AvgIpc) is 3.47. The van der Waals surface area contributed by atoms with Crippen LogP contribution in [-0.2, 0) is 16.1 Å². The molecule has 0 spiro atoms. The van der Waals surface area contributed by atoms with Gasteiger partial charge in [0.25, 0.3) is 0 Å². The van der Waals surface area contributed by atoms with E-state index < -0.39 is 18.1 Å². The van der Waals surface area contributed by atoms with E-state index >= 15 is 0 Å². The van der Waals surface area contributed by atoms with E-state index in [1.165, 1.54) is 11.0 Å². The third kappa shape index (κ3) is 4.98. The normalized spacial score (nSPS) is 16.1. The Bertz CT molecular complexity index is 1640. The van der Waals surface area contributed by atoms with Crippen LogP contribution in [0, 0.1) is 6.92 Å². The van der Waals surface area contributed by atoms with E-state index in [-0.39, 0.29) is 17.8 Å². The van der Waals surface area contributed by atoms with Crippen LogP contribution < -0.4 is 19.6 Å². The van der Waals surface area contributed by atoms with Gasteiger partial charge in [-0.1, -0.05) is 36.4 Å². The first-order chi connectivity index (χ1) is 19.5. The van der Waals surface area contributed by atoms with Crippen molar-refractivity contribution < 1.29 is 33.0 Å². The lowest BCUT2D eigenvalue weighted by Gasteiger charge is -2.22. The zero-order valence-electron chi connectivity index (χ0n) is 21.9. The number of ether oxygens (including phenoxy) is 4. The fourth-order valence-corrected chi connectivity index (χ4v) is 5.10. The van der Waals surface area contributed by atoms with E-state index in [0.717, 1.165) is 5.56 Å². The minimum Gasteiger partial charge on any atom is -0.486 e. The van der Waals surface area contributed by atoms with Gasteiger partial charge >= 0.3 is 12.1 Å². The van der Waals surface area contributed by atoms with Crippen LogP contribution in [0.1, 0.15) is 24.2 Å². The molecule has 0 radical (unpaired) electrons. The molecule has 1 saturated heterocycles. The zero-order valence-corrected chi connectivity index (χ0v) is 21.9. The summed E-state index contributed by atoms with van der Waals surface area (Å²) in [5.41, 5.74) is 2.02. The number of likely N-dealkylation sites (tertiary alicyclic amines) is 1. The molecule has 1 fully saturated rings. The number of carbonyl (C=O) groups is 2. The molecule has 0 bridgehead atoms. The van der Waals surface area contributed by atoms with Gasteiger partial charge in [-0.15, -0.1) is 0 Å². The summed E-state index contributed by atoms with van der Waals surface area (Å²) in [6.07, 6.45) is 0.573. The first kappa shape index (κ1) is 25.5. The molecular weight excluding hydrogens is 514 g/mol. The van der Waals surface area contributed by atoms with Crippen LogP contribution in [0.25, 0.3) is 22.1 Å². The Morgan fingerprint density at radius 2 is 1.77 bits per heavy atom. The minimum absolute atomic E-state index is 0.120. The standard InChI is InChI=1S/C31H27NO8/c1-19-28(21-9-12-25-27(16-21)37-15-14-36-25)29(33)23-11-10-22(17-26(23)39-19)40-30(34)24-8-5-13-32(24)31(35)38-18-20-6-3-2-4-7-20/h2-4,6-7,9-12,16-17,24H,5,8,13-15,18H2,1H3/t24-/m1/s1. The largest absolute Gasteiger partial charge is 0.486 e. The van der Waals surface area contributed by atoms with Gasteiger partial charge in [0.1, 0.15) is 43.0 Å². The Hall–Kier alpha value is -4.79. The van der Waals surface area contributed by atoms with Crippen molar-refractivity contribution in [2.45, 2.75) is 32.4 Å². The minimum atomic E-state index is -0.759. The predicted molar refractivity (Wildman–Crippen MR) is 146 cm³/mol. The Balaban J connectivity index is 1.19. The van der Waals surface area contributed by atoms with Gasteiger partial charge in [-0.05, 0) is 55.2 Å². The number of aryl methyl sites for hydroxylation is 1. The molecule has 2 aliphatic rings. The summed E-state index contributed by atoms with van der Waals surface area (Å²) in [5, 5.41) is 0.349. The Labute approximate surface area is 229 Å². The molecule has 0 N–H and O–H groups in total. The summed E-state index contributed by atoms with van der Waals surface area (Å²) in [4.78, 5) is 40.6. The lowest BCUT2D eigenvalue weighted by atomic mass is 10.0. The highest BCUT2D eigenvalue weighted by Crippen LogP contribution is 2.35. The Morgan fingerprint density at radius 3 is 2.60 bits per heavy atom. The van der Waals surface area contributed by atoms with Gasteiger partial charge in [-0.2, -0.15) is 0 Å². The van der Waals surface area contributed by atoms with E-state index in [2.05, 4.69) is 0 Å². The lowest BCUT2D eigenvalue weighted by Crippen LogP contribution is -2.42. The third-order valence-electron chi connectivity index (χ3n) is 7.05. The maximum absolute atomic E-state index is 13.4. The topological polar surface area (TPSA) is 105 Å². The van der Waals surface area contributed by atoms with Crippen molar-refractivity contribution in [3.05, 3.63) is 88.3 Å². The van der Waals surface area contributed by atoms with Gasteiger partial charge in [0, 0.05) is 12.6 Å². The molecular formula is C31H27NO8. The molecule has 1 aromatic heterocycles. The van der Waals surface area contributed by atoms with Gasteiger partial charge in [0.05, 0.1) is 10.9 Å². The van der Waals surface area contributed by atoms with E-state index in [1.807, 2.05) is 30.3 Å². The summed E-state index contributed by atoms with van der Waals surface area (Å²) in [6.45, 7) is 3.16. The third-order valence-corrected chi connectivity index (χ3v) is 7.05. The molecule has 1 atom stereocenters. The van der Waals surface area contributed by atoms with Crippen LogP contribution in [0.2, 0.25) is 0 Å². The monoisotopic (exact) mass is 541 g/mol. The average molecular weight is 542 g/mol. The Kier molecular flexibility index (Phi) is 6.86. The van der Waals surface area contributed by atoms with Gasteiger partial charge in [0.2, 0.25) is 5.43 Å². The van der Waals surface area contributed by atoms with Gasteiger partial charge in [-0.3, -0.25) is 9.69 Å². The van der Waals surface area contributed by atoms with Crippen molar-refractivity contribution in [2.75, 3.05) is 19.8 Å². The highest BCUT2D eigenvalue weighted by molar-refractivity contribution is 5.87. The van der Waals surface area contributed by atoms with Crippen LogP contribution in [0.3, 0.4) is 0 Å². The first-order valence-electron chi connectivity index (χ1n) is 13.1. The SMILES string of the molecule is Cc1oc2cc(OC(=O)[C@H]3CCCN3C(=O)OCc3ccccc3)ccc2c(=O)c1-c1ccc2c(c1)OCCO2. The molecule has 2 aliphatic heterocycles. The number of benzene rings is 3. The molecule has 9 heteroatoms. The van der Waals surface area contributed by atoms with Crippen molar-refractivity contribution in [3.8, 4) is 28.4 Å². The van der Waals surface area contributed by atoms with E-state index in [1.54, 1.807) is 37.3 Å². The molecule has 0 unspecified atom stereocenters. The van der Waals surface area contributed by atoms with E-state index in [9.17, 15) is 14.4 Å². The molecule has 6 rings (SSSR count). The molecule has 40 heavy (non-hydrogen) atoms. The fraction of sp³-hybridized carbons (Fsp3) is 0.258. The second kappa shape index (κ2) is 10.8. The van der Waals surface area contributed by atoms with Crippen molar-refractivity contribution in [1.29, 1.82) is 0 Å². The summed E-state index contributed by atoms with van der Waals surface area (Å²) in [7, 11) is 0. The van der Waals surface area contributed by atoms with Crippen molar-refractivity contribution in [2.24, 2.45) is 0 Å². The second-order valence-corrected chi connectivity index (χ2v) is 9.69. The summed E-state index contributed by atoms with van der Waals surface area (Å²) in [5.74, 6) is 1.28. The lowest BCUT2D eigenvalue weighted by molar-refractivity contribution is -0.139. The van der Waals surface area contributed by atoms with E-state index in [0.29, 0.717) is 72.0 Å². The van der Waals surface area contributed by atoms with Crippen LogP contribution in [0.4, 0.5) is 4.79 Å². The number of nitrogens with zero attached hydrogens (tertiary/aromatic N) is 1. The van der Waals surface area contributed by atoms with E-state index in [4.69, 9.17) is 23.4 Å². The van der Waals surface area contributed by atoms with Crippen LogP contribution >= 0.6 is 0 Å². The maximum atomic E-state index is 13.4. The van der Waals surface area contributed by atoms with Gasteiger partial charge in [-0.25, -0.2) is 9.59 Å². The summed E-state index contributed by atoms with van der Waals surface area (Å²) in [6, 6.07) is 18.6. The molecule has 9 nitrogen and oxygen atoms in total. The molecule has 1 amide bonds. The molecule has 0 aliphatic carbocycles. The summed E-state index contributed by atoms with van der Waals surface area (Å²) >= 11 is 0. The first-order valence-corrected chi connectivity index (χ1v) is 13.1. The Morgan fingerprint density at radius 1 is 0.975 bits per heavy atom. The quantitative estimate of drug-likeness (QED) is 0.249. The fourth-order valence-electron chi connectivity index (χ4n) is 5.10. The van der Waals surface area contributed by atoms with Crippen molar-refractivity contribution >= 4 is 23.0 Å². The van der Waals surface area contributed by atoms with Crippen molar-refractivity contribution in [3.63, 3.8) is 0 Å². The highest BCUT2D eigenvalue weighted by atomic mass is 16.6. The van der Waals surface area contributed by atoms with Crippen LogP contribution in [0.5, 0.6) is 17.2 Å². The predicted octanol–water partition coefficient (Wildman–Crippen LogP) is 5.25. The maximum Gasteiger partial charge on any atom is 0.410 e. The molecule has 3 heterocycles. The zero-order chi connectivity index (χ0) is 27.6. The van der Waals surface area contributed by atoms with Gasteiger partial charge in [0.15, 0.2) is 11.5 Å². The number of amides is 1. The second-order valence-electron chi connectivity index (χ2n) is 9.69. The molecule has 204 valence electrons.